The number of hydrogen-bond acceptors (Lipinski definition) is 2. The number of nitrogens with one attached hydrogen (secondary N) is 1. The van der Waals surface area contributed by atoms with Crippen LogP contribution in [0, 0.1) is 0 Å². The molecule has 19 heavy (non-hydrogen) atoms. The van der Waals surface area contributed by atoms with Gasteiger partial charge < -0.3 is 10.2 Å². The Balaban J connectivity index is 2.29. The van der Waals surface area contributed by atoms with Crippen LogP contribution in [0.1, 0.15) is 33.1 Å². The maximum absolute atomic E-state index is 6.38. The quantitative estimate of drug-likeness (QED) is 0.870. The van der Waals surface area contributed by atoms with Gasteiger partial charge in [-0.05, 0) is 44.0 Å². The Labute approximate surface area is 129 Å². The number of anilines is 1. The average molecular weight is 346 g/mol. The highest BCUT2D eigenvalue weighted by atomic mass is 79.9. The van der Waals surface area contributed by atoms with Gasteiger partial charge in [0.1, 0.15) is 0 Å². The summed E-state index contributed by atoms with van der Waals surface area (Å²) in [5.41, 5.74) is 1.35. The minimum Gasteiger partial charge on any atom is -0.368 e. The predicted octanol–water partition coefficient (Wildman–Crippen LogP) is 4.46. The molecule has 1 N–H and O–H groups in total. The zero-order chi connectivity index (χ0) is 13.9. The minimum atomic E-state index is 0.210. The Morgan fingerprint density at radius 2 is 2.11 bits per heavy atom. The minimum absolute atomic E-state index is 0.210. The van der Waals surface area contributed by atoms with Gasteiger partial charge in [0.25, 0.3) is 0 Å². The lowest BCUT2D eigenvalue weighted by Crippen LogP contribution is -2.50. The number of halogens is 2. The Bertz CT molecular complexity index is 432. The van der Waals surface area contributed by atoms with E-state index >= 15 is 0 Å². The Hall–Kier alpha value is -0.250. The molecule has 1 aromatic rings. The van der Waals surface area contributed by atoms with Crippen LogP contribution in [0.4, 0.5) is 5.69 Å². The largest absolute Gasteiger partial charge is 0.368 e. The molecule has 4 heteroatoms. The van der Waals surface area contributed by atoms with E-state index in [1.807, 2.05) is 12.1 Å². The second-order valence-electron chi connectivity index (χ2n) is 5.29. The predicted molar refractivity (Wildman–Crippen MR) is 87.3 cm³/mol. The molecular formula is C15H22BrClN2. The summed E-state index contributed by atoms with van der Waals surface area (Å²) in [5, 5.41) is 4.57. The molecule has 1 aromatic carbocycles. The average Bonchev–Trinajstić information content (AvgIpc) is 2.64. The van der Waals surface area contributed by atoms with Crippen molar-refractivity contribution in [2.24, 2.45) is 0 Å². The van der Waals surface area contributed by atoms with Gasteiger partial charge in [0.15, 0.2) is 0 Å². The highest BCUT2D eigenvalue weighted by molar-refractivity contribution is 9.10. The van der Waals surface area contributed by atoms with E-state index in [0.717, 1.165) is 54.1 Å². The maximum atomic E-state index is 6.38. The van der Waals surface area contributed by atoms with Crippen LogP contribution in [-0.2, 0) is 0 Å². The van der Waals surface area contributed by atoms with Crippen molar-refractivity contribution in [3.8, 4) is 0 Å². The Kier molecular flexibility index (Phi) is 5.15. The van der Waals surface area contributed by atoms with Gasteiger partial charge in [0.2, 0.25) is 0 Å². The van der Waals surface area contributed by atoms with E-state index < -0.39 is 0 Å². The number of benzene rings is 1. The topological polar surface area (TPSA) is 15.3 Å². The molecule has 1 heterocycles. The summed E-state index contributed by atoms with van der Waals surface area (Å²) in [6.07, 6.45) is 3.45. The third-order valence-corrected chi connectivity index (χ3v) is 5.01. The van der Waals surface area contributed by atoms with Crippen molar-refractivity contribution in [1.29, 1.82) is 0 Å². The molecule has 1 aliphatic heterocycles. The third-order valence-electron chi connectivity index (χ3n) is 4.20. The van der Waals surface area contributed by atoms with Gasteiger partial charge in [-0.25, -0.2) is 0 Å². The molecule has 0 amide bonds. The fourth-order valence-electron chi connectivity index (χ4n) is 2.78. The first-order valence-electron chi connectivity index (χ1n) is 7.05. The normalized spacial score (nSPS) is 19.3. The summed E-state index contributed by atoms with van der Waals surface area (Å²) in [6, 6.07) is 6.09. The Morgan fingerprint density at radius 1 is 1.37 bits per heavy atom. The summed E-state index contributed by atoms with van der Waals surface area (Å²) in [7, 11) is 0. The summed E-state index contributed by atoms with van der Waals surface area (Å²) in [5.74, 6) is 0. The molecule has 1 saturated heterocycles. The van der Waals surface area contributed by atoms with E-state index in [1.165, 1.54) is 0 Å². The molecule has 2 rings (SSSR count). The van der Waals surface area contributed by atoms with Crippen molar-refractivity contribution in [2.45, 2.75) is 38.6 Å². The van der Waals surface area contributed by atoms with E-state index in [0.29, 0.717) is 0 Å². The lowest BCUT2D eigenvalue weighted by atomic mass is 9.92. The Morgan fingerprint density at radius 3 is 2.79 bits per heavy atom. The van der Waals surface area contributed by atoms with Crippen LogP contribution in [0.5, 0.6) is 0 Å². The summed E-state index contributed by atoms with van der Waals surface area (Å²) < 4.78 is 1.09. The molecular weight excluding hydrogens is 324 g/mol. The first kappa shape index (κ1) is 15.1. The van der Waals surface area contributed by atoms with Gasteiger partial charge in [-0.3, -0.25) is 0 Å². The first-order chi connectivity index (χ1) is 9.10. The lowest BCUT2D eigenvalue weighted by molar-refractivity contribution is 0.321. The number of rotatable bonds is 3. The summed E-state index contributed by atoms with van der Waals surface area (Å²) in [6.45, 7) is 7.70. The second-order valence-corrected chi connectivity index (χ2v) is 6.61. The highest BCUT2D eigenvalue weighted by Crippen LogP contribution is 2.32. The van der Waals surface area contributed by atoms with Gasteiger partial charge in [-0.2, -0.15) is 0 Å². The van der Waals surface area contributed by atoms with Gasteiger partial charge in [0.05, 0.1) is 10.7 Å². The first-order valence-corrected chi connectivity index (χ1v) is 8.22. The maximum Gasteiger partial charge on any atom is 0.0640 e. The SMILES string of the molecule is CCC1(CC)CN(c2cc(Br)ccc2Cl)CCCN1. The van der Waals surface area contributed by atoms with Crippen LogP contribution in [0.15, 0.2) is 22.7 Å². The van der Waals surface area contributed by atoms with E-state index in [2.05, 4.69) is 46.1 Å². The summed E-state index contributed by atoms with van der Waals surface area (Å²) in [4.78, 5) is 2.43. The molecule has 0 atom stereocenters. The van der Waals surface area contributed by atoms with Gasteiger partial charge >= 0.3 is 0 Å². The zero-order valence-electron chi connectivity index (χ0n) is 11.7. The van der Waals surface area contributed by atoms with E-state index in [1.54, 1.807) is 0 Å². The van der Waals surface area contributed by atoms with E-state index in [-0.39, 0.29) is 5.54 Å². The monoisotopic (exact) mass is 344 g/mol. The van der Waals surface area contributed by atoms with Crippen LogP contribution in [0.2, 0.25) is 5.02 Å². The molecule has 0 saturated carbocycles. The molecule has 1 fully saturated rings. The molecule has 0 aromatic heterocycles. The van der Waals surface area contributed by atoms with Gasteiger partial charge in [0, 0.05) is 23.1 Å². The van der Waals surface area contributed by atoms with Crippen molar-refractivity contribution >= 4 is 33.2 Å². The molecule has 0 unspecified atom stereocenters. The number of nitrogens with zero attached hydrogens (tertiary/aromatic N) is 1. The smallest absolute Gasteiger partial charge is 0.0640 e. The van der Waals surface area contributed by atoms with Crippen LogP contribution in [-0.4, -0.2) is 25.2 Å². The van der Waals surface area contributed by atoms with Crippen molar-refractivity contribution in [2.75, 3.05) is 24.5 Å². The zero-order valence-corrected chi connectivity index (χ0v) is 14.0. The third kappa shape index (κ3) is 3.45. The van der Waals surface area contributed by atoms with Gasteiger partial charge in [-0.15, -0.1) is 0 Å². The van der Waals surface area contributed by atoms with Crippen LogP contribution >= 0.6 is 27.5 Å². The van der Waals surface area contributed by atoms with Crippen molar-refractivity contribution < 1.29 is 0 Å². The molecule has 2 nitrogen and oxygen atoms in total. The summed E-state index contributed by atoms with van der Waals surface area (Å²) >= 11 is 9.92. The van der Waals surface area contributed by atoms with Crippen LogP contribution in [0.25, 0.3) is 0 Å². The second kappa shape index (κ2) is 6.47. The molecule has 1 aliphatic rings. The molecule has 106 valence electrons. The number of hydrogen-bond donors (Lipinski definition) is 1. The van der Waals surface area contributed by atoms with Crippen LogP contribution < -0.4 is 10.2 Å². The lowest BCUT2D eigenvalue weighted by Gasteiger charge is -2.36. The molecule has 0 radical (unpaired) electrons. The van der Waals surface area contributed by atoms with Crippen molar-refractivity contribution in [3.05, 3.63) is 27.7 Å². The van der Waals surface area contributed by atoms with Gasteiger partial charge in [-0.1, -0.05) is 41.4 Å². The fourth-order valence-corrected chi connectivity index (χ4v) is 3.37. The standard InChI is InChI=1S/C15H22BrClN2/c1-3-15(4-2)11-19(9-5-8-18-15)14-10-12(16)6-7-13(14)17/h6-7,10,18H,3-5,8-9,11H2,1-2H3. The van der Waals surface area contributed by atoms with Crippen LogP contribution in [0.3, 0.4) is 0 Å². The van der Waals surface area contributed by atoms with E-state index in [9.17, 15) is 0 Å². The van der Waals surface area contributed by atoms with Crippen molar-refractivity contribution in [1.82, 2.24) is 5.32 Å². The highest BCUT2D eigenvalue weighted by Gasteiger charge is 2.30. The molecule has 0 spiro atoms. The fraction of sp³-hybridized carbons (Fsp3) is 0.600. The molecule has 0 aliphatic carbocycles. The molecule has 0 bridgehead atoms. The van der Waals surface area contributed by atoms with E-state index in [4.69, 9.17) is 11.6 Å². The van der Waals surface area contributed by atoms with Crippen molar-refractivity contribution in [3.63, 3.8) is 0 Å².